The van der Waals surface area contributed by atoms with Gasteiger partial charge in [0.1, 0.15) is 5.92 Å². The molecule has 0 saturated carbocycles. The average molecular weight is 303 g/mol. The van der Waals surface area contributed by atoms with Crippen LogP contribution in [0.3, 0.4) is 0 Å². The second-order valence-corrected chi connectivity index (χ2v) is 5.06. The van der Waals surface area contributed by atoms with Crippen LogP contribution in [0.2, 0.25) is 0 Å². The van der Waals surface area contributed by atoms with Crippen LogP contribution in [0.25, 0.3) is 0 Å². The SMILES string of the molecule is COC(=O)C1=C(C)NC(C)=C([N+](=O)[O-])C1c1cccc(C)n1. The molecule has 0 radical (unpaired) electrons. The lowest BCUT2D eigenvalue weighted by molar-refractivity contribution is -0.431. The summed E-state index contributed by atoms with van der Waals surface area (Å²) in [5.41, 5.74) is 2.21. The van der Waals surface area contributed by atoms with Crippen LogP contribution in [0.15, 0.2) is 40.9 Å². The Morgan fingerprint density at radius 3 is 2.55 bits per heavy atom. The van der Waals surface area contributed by atoms with Crippen LogP contribution in [0, 0.1) is 17.0 Å². The van der Waals surface area contributed by atoms with Gasteiger partial charge in [0.2, 0.25) is 0 Å². The first-order valence-corrected chi connectivity index (χ1v) is 6.71. The van der Waals surface area contributed by atoms with Crippen molar-refractivity contribution in [3.63, 3.8) is 0 Å². The molecule has 116 valence electrons. The Labute approximate surface area is 127 Å². The lowest BCUT2D eigenvalue weighted by Gasteiger charge is -2.25. The minimum Gasteiger partial charge on any atom is -0.466 e. The van der Waals surface area contributed by atoms with Crippen molar-refractivity contribution in [2.75, 3.05) is 7.11 Å². The van der Waals surface area contributed by atoms with Crippen LogP contribution < -0.4 is 5.32 Å². The number of allylic oxidation sites excluding steroid dienone is 3. The fraction of sp³-hybridized carbons (Fsp3) is 0.333. The third-order valence-electron chi connectivity index (χ3n) is 3.53. The van der Waals surface area contributed by atoms with Crippen LogP contribution in [0.5, 0.6) is 0 Å². The topological polar surface area (TPSA) is 94.4 Å². The maximum absolute atomic E-state index is 12.1. The van der Waals surface area contributed by atoms with Crippen LogP contribution in [0.4, 0.5) is 0 Å². The van der Waals surface area contributed by atoms with Crippen LogP contribution in [0.1, 0.15) is 31.2 Å². The van der Waals surface area contributed by atoms with E-state index in [4.69, 9.17) is 4.74 Å². The van der Waals surface area contributed by atoms with E-state index in [2.05, 4.69) is 10.3 Å². The Bertz CT molecular complexity index is 706. The fourth-order valence-corrected chi connectivity index (χ4v) is 2.62. The quantitative estimate of drug-likeness (QED) is 0.521. The van der Waals surface area contributed by atoms with Crippen molar-refractivity contribution in [1.29, 1.82) is 0 Å². The zero-order valence-electron chi connectivity index (χ0n) is 12.8. The largest absolute Gasteiger partial charge is 0.466 e. The maximum Gasteiger partial charge on any atom is 0.336 e. The summed E-state index contributed by atoms with van der Waals surface area (Å²) in [6.45, 7) is 5.09. The second kappa shape index (κ2) is 5.97. The van der Waals surface area contributed by atoms with Crippen molar-refractivity contribution < 1.29 is 14.5 Å². The molecule has 0 saturated heterocycles. The Morgan fingerprint density at radius 2 is 2.00 bits per heavy atom. The number of carbonyl (C=O) groups is 1. The first-order chi connectivity index (χ1) is 10.4. The summed E-state index contributed by atoms with van der Waals surface area (Å²) in [7, 11) is 1.25. The third-order valence-corrected chi connectivity index (χ3v) is 3.53. The molecule has 7 heteroatoms. The molecule has 0 aromatic carbocycles. The zero-order chi connectivity index (χ0) is 16.4. The summed E-state index contributed by atoms with van der Waals surface area (Å²) in [6.07, 6.45) is 0. The minimum absolute atomic E-state index is 0.0934. The van der Waals surface area contributed by atoms with E-state index in [0.717, 1.165) is 5.69 Å². The van der Waals surface area contributed by atoms with Gasteiger partial charge in [0.25, 0.3) is 5.70 Å². The number of carbonyl (C=O) groups excluding carboxylic acids is 1. The molecule has 1 atom stereocenters. The van der Waals surface area contributed by atoms with Crippen LogP contribution in [-0.4, -0.2) is 23.0 Å². The van der Waals surface area contributed by atoms with Crippen LogP contribution in [-0.2, 0) is 9.53 Å². The van der Waals surface area contributed by atoms with Crippen molar-refractivity contribution in [2.45, 2.75) is 26.7 Å². The summed E-state index contributed by atoms with van der Waals surface area (Å²) < 4.78 is 4.80. The molecule has 0 amide bonds. The van der Waals surface area contributed by atoms with Crippen molar-refractivity contribution in [2.24, 2.45) is 0 Å². The highest BCUT2D eigenvalue weighted by Crippen LogP contribution is 2.37. The van der Waals surface area contributed by atoms with Crippen molar-refractivity contribution in [3.05, 3.63) is 62.4 Å². The number of nitrogens with one attached hydrogen (secondary N) is 1. The van der Waals surface area contributed by atoms with E-state index in [9.17, 15) is 14.9 Å². The van der Waals surface area contributed by atoms with Crippen molar-refractivity contribution in [3.8, 4) is 0 Å². The molecular formula is C15H17N3O4. The number of dihydropyridines is 1. The number of pyridine rings is 1. The van der Waals surface area contributed by atoms with E-state index in [1.807, 2.05) is 0 Å². The predicted octanol–water partition coefficient (Wildman–Crippen LogP) is 2.03. The normalized spacial score (nSPS) is 18.1. The monoisotopic (exact) mass is 303 g/mol. The summed E-state index contributed by atoms with van der Waals surface area (Å²) in [4.78, 5) is 27.5. The Kier molecular flexibility index (Phi) is 4.25. The maximum atomic E-state index is 12.1. The predicted molar refractivity (Wildman–Crippen MR) is 79.3 cm³/mol. The number of nitrogens with zero attached hydrogens (tertiary/aromatic N) is 2. The number of ether oxygens (including phenoxy) is 1. The van der Waals surface area contributed by atoms with Crippen molar-refractivity contribution >= 4 is 5.97 Å². The molecule has 0 bridgehead atoms. The summed E-state index contributed by atoms with van der Waals surface area (Å²) in [6, 6.07) is 5.23. The molecule has 1 aliphatic rings. The first kappa shape index (κ1) is 15.7. The molecule has 1 unspecified atom stereocenters. The molecule has 0 spiro atoms. The number of aryl methyl sites for hydroxylation is 1. The number of methoxy groups -OCH3 is 1. The highest BCUT2D eigenvalue weighted by molar-refractivity contribution is 5.92. The first-order valence-electron chi connectivity index (χ1n) is 6.71. The zero-order valence-corrected chi connectivity index (χ0v) is 12.8. The van der Waals surface area contributed by atoms with E-state index in [0.29, 0.717) is 17.1 Å². The fourth-order valence-electron chi connectivity index (χ4n) is 2.62. The summed E-state index contributed by atoms with van der Waals surface area (Å²) >= 11 is 0. The van der Waals surface area contributed by atoms with E-state index in [1.165, 1.54) is 7.11 Å². The Morgan fingerprint density at radius 1 is 1.32 bits per heavy atom. The van der Waals surface area contributed by atoms with Gasteiger partial charge in [-0.05, 0) is 32.9 Å². The van der Waals surface area contributed by atoms with Gasteiger partial charge in [-0.3, -0.25) is 15.1 Å². The lowest BCUT2D eigenvalue weighted by Crippen LogP contribution is -2.31. The van der Waals surface area contributed by atoms with Gasteiger partial charge >= 0.3 is 5.97 Å². The van der Waals surface area contributed by atoms with E-state index < -0.39 is 16.8 Å². The molecule has 1 aliphatic heterocycles. The van der Waals surface area contributed by atoms with Gasteiger partial charge in [0, 0.05) is 11.4 Å². The molecule has 1 N–H and O–H groups in total. The number of hydrogen-bond acceptors (Lipinski definition) is 6. The third kappa shape index (κ3) is 2.69. The second-order valence-electron chi connectivity index (χ2n) is 5.06. The highest BCUT2D eigenvalue weighted by Gasteiger charge is 2.41. The highest BCUT2D eigenvalue weighted by atomic mass is 16.6. The molecule has 7 nitrogen and oxygen atoms in total. The van der Waals surface area contributed by atoms with Crippen LogP contribution >= 0.6 is 0 Å². The molecule has 0 aliphatic carbocycles. The number of esters is 1. The van der Waals surface area contributed by atoms with Gasteiger partial charge in [-0.1, -0.05) is 6.07 Å². The standard InChI is InChI=1S/C15H17N3O4/c1-8-6-5-7-11(16-8)13-12(15(19)22-4)9(2)17-10(3)14(13)18(20)21/h5-7,13,17H,1-4H3. The number of nitro groups is 1. The molecule has 22 heavy (non-hydrogen) atoms. The number of aromatic nitrogens is 1. The molecule has 1 aromatic rings. The molecule has 0 fully saturated rings. The van der Waals surface area contributed by atoms with Gasteiger partial charge in [0.05, 0.1) is 29.0 Å². The minimum atomic E-state index is -0.858. The summed E-state index contributed by atoms with van der Waals surface area (Å²) in [5, 5.41) is 14.4. The molecule has 2 rings (SSSR count). The Hall–Kier alpha value is -2.70. The van der Waals surface area contributed by atoms with Gasteiger partial charge in [-0.2, -0.15) is 0 Å². The molecule has 2 heterocycles. The average Bonchev–Trinajstić information content (AvgIpc) is 2.45. The van der Waals surface area contributed by atoms with Gasteiger partial charge in [-0.25, -0.2) is 4.79 Å². The van der Waals surface area contributed by atoms with Gasteiger partial charge in [-0.15, -0.1) is 0 Å². The van der Waals surface area contributed by atoms with E-state index in [1.54, 1.807) is 39.0 Å². The van der Waals surface area contributed by atoms with E-state index in [-0.39, 0.29) is 11.3 Å². The van der Waals surface area contributed by atoms with Crippen molar-refractivity contribution in [1.82, 2.24) is 10.3 Å². The Balaban J connectivity index is 2.70. The van der Waals surface area contributed by atoms with E-state index >= 15 is 0 Å². The van der Waals surface area contributed by atoms with Gasteiger partial charge in [0.15, 0.2) is 0 Å². The summed E-state index contributed by atoms with van der Waals surface area (Å²) in [5.74, 6) is -1.46. The number of rotatable bonds is 3. The smallest absolute Gasteiger partial charge is 0.336 e. The molecule has 1 aromatic heterocycles. The lowest BCUT2D eigenvalue weighted by atomic mass is 9.87. The van der Waals surface area contributed by atoms with Gasteiger partial charge < -0.3 is 10.1 Å². The molecular weight excluding hydrogens is 286 g/mol. The number of hydrogen-bond donors (Lipinski definition) is 1.